The van der Waals surface area contributed by atoms with Gasteiger partial charge in [-0.25, -0.2) is 0 Å². The standard InChI is InChI=1S/C11H25NO2/c1-9(2)12(10(3)4)8-7-11(13-5)14-6/h9-11H,7-8H2,1-6H3. The van der Waals surface area contributed by atoms with Gasteiger partial charge >= 0.3 is 0 Å². The SMILES string of the molecule is COC(CCN(C(C)C)C(C)C)OC. The van der Waals surface area contributed by atoms with Gasteiger partial charge in [0.1, 0.15) is 0 Å². The molecule has 0 saturated carbocycles. The average Bonchev–Trinajstić information content (AvgIpc) is 2.11. The van der Waals surface area contributed by atoms with Crippen LogP contribution in [-0.2, 0) is 9.47 Å². The van der Waals surface area contributed by atoms with Crippen LogP contribution in [0.4, 0.5) is 0 Å². The van der Waals surface area contributed by atoms with E-state index in [2.05, 4.69) is 32.6 Å². The van der Waals surface area contributed by atoms with Crippen LogP contribution >= 0.6 is 0 Å². The van der Waals surface area contributed by atoms with Crippen molar-refractivity contribution in [2.24, 2.45) is 0 Å². The molecule has 0 bridgehead atoms. The van der Waals surface area contributed by atoms with Gasteiger partial charge in [-0.2, -0.15) is 0 Å². The summed E-state index contributed by atoms with van der Waals surface area (Å²) in [5.74, 6) is 0. The lowest BCUT2D eigenvalue weighted by Crippen LogP contribution is -2.39. The summed E-state index contributed by atoms with van der Waals surface area (Å²) in [7, 11) is 3.37. The predicted octanol–water partition coefficient (Wildman–Crippen LogP) is 2.11. The molecule has 0 aliphatic heterocycles. The van der Waals surface area contributed by atoms with Crippen LogP contribution in [-0.4, -0.2) is 44.0 Å². The van der Waals surface area contributed by atoms with E-state index in [9.17, 15) is 0 Å². The molecule has 0 aliphatic rings. The topological polar surface area (TPSA) is 21.7 Å². The quantitative estimate of drug-likeness (QED) is 0.592. The van der Waals surface area contributed by atoms with Gasteiger partial charge < -0.3 is 9.47 Å². The minimum Gasteiger partial charge on any atom is -0.356 e. The molecule has 0 spiro atoms. The van der Waals surface area contributed by atoms with E-state index < -0.39 is 0 Å². The molecule has 0 N–H and O–H groups in total. The van der Waals surface area contributed by atoms with Gasteiger partial charge in [0.2, 0.25) is 0 Å². The molecule has 14 heavy (non-hydrogen) atoms. The summed E-state index contributed by atoms with van der Waals surface area (Å²) >= 11 is 0. The molecule has 0 unspecified atom stereocenters. The number of ether oxygens (including phenoxy) is 2. The second-order valence-electron chi connectivity index (χ2n) is 4.11. The van der Waals surface area contributed by atoms with Crippen LogP contribution < -0.4 is 0 Å². The fraction of sp³-hybridized carbons (Fsp3) is 1.00. The minimum absolute atomic E-state index is 0.0741. The van der Waals surface area contributed by atoms with E-state index in [4.69, 9.17) is 9.47 Å². The number of hydrogen-bond acceptors (Lipinski definition) is 3. The Morgan fingerprint density at radius 2 is 1.36 bits per heavy atom. The Kier molecular flexibility index (Phi) is 7.15. The molecule has 0 aromatic rings. The first-order chi connectivity index (χ1) is 6.52. The van der Waals surface area contributed by atoms with Gasteiger partial charge in [-0.05, 0) is 27.7 Å². The van der Waals surface area contributed by atoms with Gasteiger partial charge in [0.05, 0.1) is 0 Å². The summed E-state index contributed by atoms with van der Waals surface area (Å²) in [5, 5.41) is 0. The fourth-order valence-corrected chi connectivity index (χ4v) is 1.70. The van der Waals surface area contributed by atoms with E-state index in [1.54, 1.807) is 14.2 Å². The first-order valence-electron chi connectivity index (χ1n) is 5.34. The van der Waals surface area contributed by atoms with Crippen LogP contribution in [0, 0.1) is 0 Å². The molecule has 0 amide bonds. The molecule has 86 valence electrons. The zero-order valence-electron chi connectivity index (χ0n) is 10.4. The van der Waals surface area contributed by atoms with E-state index in [1.807, 2.05) is 0 Å². The number of methoxy groups -OCH3 is 2. The summed E-state index contributed by atoms with van der Waals surface area (Å²) in [6.07, 6.45) is 0.846. The van der Waals surface area contributed by atoms with E-state index >= 15 is 0 Å². The summed E-state index contributed by atoms with van der Waals surface area (Å²) in [4.78, 5) is 2.44. The third kappa shape index (κ3) is 4.94. The maximum Gasteiger partial charge on any atom is 0.158 e. The Labute approximate surface area is 88.4 Å². The zero-order valence-corrected chi connectivity index (χ0v) is 10.4. The van der Waals surface area contributed by atoms with Crippen LogP contribution in [0.2, 0.25) is 0 Å². The second-order valence-corrected chi connectivity index (χ2v) is 4.11. The Morgan fingerprint density at radius 3 is 1.64 bits per heavy atom. The second kappa shape index (κ2) is 7.21. The van der Waals surface area contributed by atoms with Crippen molar-refractivity contribution in [3.8, 4) is 0 Å². The highest BCUT2D eigenvalue weighted by Crippen LogP contribution is 2.08. The Morgan fingerprint density at radius 1 is 0.929 bits per heavy atom. The first kappa shape index (κ1) is 13.9. The van der Waals surface area contributed by atoms with Gasteiger partial charge in [0.25, 0.3) is 0 Å². The summed E-state index contributed by atoms with van der Waals surface area (Å²) in [6.45, 7) is 9.88. The molecule has 3 heteroatoms. The molecule has 0 aromatic carbocycles. The minimum atomic E-state index is -0.0741. The molecular formula is C11H25NO2. The van der Waals surface area contributed by atoms with Crippen LogP contribution in [0.1, 0.15) is 34.1 Å². The highest BCUT2D eigenvalue weighted by Gasteiger charge is 2.15. The highest BCUT2D eigenvalue weighted by atomic mass is 16.7. The molecule has 0 radical (unpaired) electrons. The van der Waals surface area contributed by atoms with Crippen molar-refractivity contribution < 1.29 is 9.47 Å². The maximum absolute atomic E-state index is 5.16. The summed E-state index contributed by atoms with van der Waals surface area (Å²) in [5.41, 5.74) is 0. The molecular weight excluding hydrogens is 178 g/mol. The lowest BCUT2D eigenvalue weighted by molar-refractivity contribution is -0.110. The van der Waals surface area contributed by atoms with Crippen molar-refractivity contribution in [3.63, 3.8) is 0 Å². The Bertz CT molecular complexity index is 125. The summed E-state index contributed by atoms with van der Waals surface area (Å²) < 4.78 is 10.3. The van der Waals surface area contributed by atoms with Crippen molar-refractivity contribution in [1.82, 2.24) is 4.90 Å². The van der Waals surface area contributed by atoms with E-state index in [-0.39, 0.29) is 6.29 Å². The van der Waals surface area contributed by atoms with Gasteiger partial charge in [0.15, 0.2) is 6.29 Å². The molecule has 0 heterocycles. The predicted molar refractivity (Wildman–Crippen MR) is 59.4 cm³/mol. The largest absolute Gasteiger partial charge is 0.356 e. The van der Waals surface area contributed by atoms with Gasteiger partial charge in [-0.1, -0.05) is 0 Å². The lowest BCUT2D eigenvalue weighted by Gasteiger charge is -2.31. The van der Waals surface area contributed by atoms with Crippen LogP contribution in [0.25, 0.3) is 0 Å². The Hall–Kier alpha value is -0.120. The van der Waals surface area contributed by atoms with Crippen LogP contribution in [0.5, 0.6) is 0 Å². The third-order valence-electron chi connectivity index (χ3n) is 2.48. The van der Waals surface area contributed by atoms with Crippen molar-refractivity contribution in [3.05, 3.63) is 0 Å². The monoisotopic (exact) mass is 203 g/mol. The van der Waals surface area contributed by atoms with Gasteiger partial charge in [0, 0.05) is 39.3 Å². The van der Waals surface area contributed by atoms with Crippen molar-refractivity contribution in [2.45, 2.75) is 52.5 Å². The smallest absolute Gasteiger partial charge is 0.158 e. The number of hydrogen-bond donors (Lipinski definition) is 0. The molecule has 3 nitrogen and oxygen atoms in total. The molecule has 0 saturated heterocycles. The third-order valence-corrected chi connectivity index (χ3v) is 2.48. The fourth-order valence-electron chi connectivity index (χ4n) is 1.70. The van der Waals surface area contributed by atoms with E-state index in [0.29, 0.717) is 12.1 Å². The van der Waals surface area contributed by atoms with Gasteiger partial charge in [-0.3, -0.25) is 4.90 Å². The van der Waals surface area contributed by atoms with Crippen molar-refractivity contribution in [1.29, 1.82) is 0 Å². The first-order valence-corrected chi connectivity index (χ1v) is 5.34. The molecule has 0 aromatic heterocycles. The average molecular weight is 203 g/mol. The summed E-state index contributed by atoms with van der Waals surface area (Å²) in [6, 6.07) is 1.15. The maximum atomic E-state index is 5.16. The molecule has 0 aliphatic carbocycles. The molecule has 0 rings (SSSR count). The normalized spacial score (nSPS) is 12.4. The van der Waals surface area contributed by atoms with E-state index in [0.717, 1.165) is 13.0 Å². The molecule has 0 fully saturated rings. The number of nitrogens with zero attached hydrogens (tertiary/aromatic N) is 1. The van der Waals surface area contributed by atoms with Crippen molar-refractivity contribution in [2.75, 3.05) is 20.8 Å². The van der Waals surface area contributed by atoms with Crippen LogP contribution in [0.15, 0.2) is 0 Å². The highest BCUT2D eigenvalue weighted by molar-refractivity contribution is 4.67. The number of rotatable bonds is 7. The van der Waals surface area contributed by atoms with Gasteiger partial charge in [-0.15, -0.1) is 0 Å². The van der Waals surface area contributed by atoms with Crippen LogP contribution in [0.3, 0.4) is 0 Å². The van der Waals surface area contributed by atoms with Crippen molar-refractivity contribution >= 4 is 0 Å². The zero-order chi connectivity index (χ0) is 11.1. The molecule has 0 atom stereocenters. The van der Waals surface area contributed by atoms with E-state index in [1.165, 1.54) is 0 Å². The lowest BCUT2D eigenvalue weighted by atomic mass is 10.2. The Balaban J connectivity index is 3.92.